The van der Waals surface area contributed by atoms with Crippen LogP contribution in [0.5, 0.6) is 0 Å². The van der Waals surface area contributed by atoms with E-state index >= 15 is 0 Å². The summed E-state index contributed by atoms with van der Waals surface area (Å²) < 4.78 is 10.6. The highest BCUT2D eigenvalue weighted by molar-refractivity contribution is 5.83. The minimum atomic E-state index is -0.587. The molecule has 0 aliphatic heterocycles. The highest BCUT2D eigenvalue weighted by atomic mass is 16.6. The first-order valence-electron chi connectivity index (χ1n) is 7.77. The summed E-state index contributed by atoms with van der Waals surface area (Å²) in [5.41, 5.74) is 0.263. The van der Waals surface area contributed by atoms with Crippen molar-refractivity contribution in [2.24, 2.45) is 16.7 Å². The number of hydrogen-bond acceptors (Lipinski definition) is 4. The van der Waals surface area contributed by atoms with Crippen LogP contribution in [0.1, 0.15) is 52.4 Å². The van der Waals surface area contributed by atoms with Crippen LogP contribution < -0.4 is 0 Å². The number of carbonyl (C=O) groups excluding carboxylic acids is 2. The van der Waals surface area contributed by atoms with E-state index in [1.807, 2.05) is 0 Å². The van der Waals surface area contributed by atoms with E-state index in [4.69, 9.17) is 9.47 Å². The van der Waals surface area contributed by atoms with E-state index in [-0.39, 0.29) is 12.2 Å². The lowest BCUT2D eigenvalue weighted by molar-refractivity contribution is -0.218. The standard InChI is InChI=1S/C17H24O4/c1-4-13(18)20-8-14(19)21-17-7-12-5-15(2,10-17)9-16(3,6-12)11-17/h4,12H,1,5-11H2,2-3H3. The number of ether oxygens (including phenoxy) is 2. The van der Waals surface area contributed by atoms with E-state index in [0.29, 0.717) is 16.7 Å². The monoisotopic (exact) mass is 292 g/mol. The molecule has 21 heavy (non-hydrogen) atoms. The molecule has 0 radical (unpaired) electrons. The Labute approximate surface area is 125 Å². The minimum Gasteiger partial charge on any atom is -0.457 e. The smallest absolute Gasteiger partial charge is 0.344 e. The van der Waals surface area contributed by atoms with Crippen molar-refractivity contribution < 1.29 is 19.1 Å². The van der Waals surface area contributed by atoms with E-state index < -0.39 is 11.9 Å². The van der Waals surface area contributed by atoms with E-state index in [0.717, 1.165) is 25.3 Å². The third kappa shape index (κ3) is 2.72. The quantitative estimate of drug-likeness (QED) is 0.590. The summed E-state index contributed by atoms with van der Waals surface area (Å²) in [6.07, 6.45) is 7.68. The zero-order chi connectivity index (χ0) is 15.3. The molecule has 116 valence electrons. The second kappa shape index (κ2) is 4.59. The summed E-state index contributed by atoms with van der Waals surface area (Å²) in [6, 6.07) is 0. The van der Waals surface area contributed by atoms with Crippen molar-refractivity contribution in [3.8, 4) is 0 Å². The van der Waals surface area contributed by atoms with Crippen LogP contribution in [-0.4, -0.2) is 24.1 Å². The van der Waals surface area contributed by atoms with Crippen LogP contribution in [0.3, 0.4) is 0 Å². The lowest BCUT2D eigenvalue weighted by Crippen LogP contribution is -2.60. The first kappa shape index (κ1) is 14.6. The predicted octanol–water partition coefficient (Wildman–Crippen LogP) is 3.01. The number of hydrogen-bond donors (Lipinski definition) is 0. The van der Waals surface area contributed by atoms with Gasteiger partial charge in [-0.25, -0.2) is 9.59 Å². The lowest BCUT2D eigenvalue weighted by atomic mass is 9.43. The predicted molar refractivity (Wildman–Crippen MR) is 77.4 cm³/mol. The van der Waals surface area contributed by atoms with Gasteiger partial charge in [0.2, 0.25) is 0 Å². The van der Waals surface area contributed by atoms with Gasteiger partial charge < -0.3 is 9.47 Å². The summed E-state index contributed by atoms with van der Waals surface area (Å²) in [6.45, 7) is 7.65. The Bertz CT molecular complexity index is 477. The Morgan fingerprint density at radius 1 is 1.14 bits per heavy atom. The molecular formula is C17H24O4. The molecule has 0 N–H and O–H groups in total. The van der Waals surface area contributed by atoms with Gasteiger partial charge in [0.15, 0.2) is 6.61 Å². The zero-order valence-corrected chi connectivity index (χ0v) is 12.9. The highest BCUT2D eigenvalue weighted by Crippen LogP contribution is 2.67. The van der Waals surface area contributed by atoms with E-state index in [2.05, 4.69) is 20.4 Å². The maximum absolute atomic E-state index is 12.0. The molecule has 2 atom stereocenters. The fraction of sp³-hybridized carbons (Fsp3) is 0.765. The SMILES string of the molecule is C=CC(=O)OCC(=O)OC12CC3CC(C)(CC(C)(C3)C1)C2. The second-order valence-corrected chi connectivity index (χ2v) is 8.10. The van der Waals surface area contributed by atoms with Crippen LogP contribution in [0, 0.1) is 16.7 Å². The van der Waals surface area contributed by atoms with Gasteiger partial charge in [-0.3, -0.25) is 0 Å². The summed E-state index contributed by atoms with van der Waals surface area (Å²) in [4.78, 5) is 23.1. The summed E-state index contributed by atoms with van der Waals surface area (Å²) in [7, 11) is 0. The summed E-state index contributed by atoms with van der Waals surface area (Å²) in [5, 5.41) is 0. The van der Waals surface area contributed by atoms with Gasteiger partial charge in [0, 0.05) is 6.08 Å². The van der Waals surface area contributed by atoms with E-state index in [1.54, 1.807) is 0 Å². The normalized spacial score (nSPS) is 43.4. The third-order valence-corrected chi connectivity index (χ3v) is 5.40. The van der Waals surface area contributed by atoms with Crippen LogP contribution in [0.4, 0.5) is 0 Å². The molecule has 0 heterocycles. The molecule has 0 aromatic heterocycles. The molecular weight excluding hydrogens is 268 g/mol. The van der Waals surface area contributed by atoms with Crippen LogP contribution in [-0.2, 0) is 19.1 Å². The van der Waals surface area contributed by atoms with E-state index in [9.17, 15) is 9.59 Å². The van der Waals surface area contributed by atoms with Crippen LogP contribution in [0.25, 0.3) is 0 Å². The van der Waals surface area contributed by atoms with Gasteiger partial charge in [0.1, 0.15) is 5.60 Å². The van der Waals surface area contributed by atoms with Gasteiger partial charge in [0.05, 0.1) is 0 Å². The van der Waals surface area contributed by atoms with Crippen LogP contribution >= 0.6 is 0 Å². The maximum Gasteiger partial charge on any atom is 0.344 e. The number of esters is 2. The van der Waals surface area contributed by atoms with Gasteiger partial charge in [0.25, 0.3) is 0 Å². The van der Waals surface area contributed by atoms with Gasteiger partial charge in [-0.05, 0) is 55.3 Å². The fourth-order valence-electron chi connectivity index (χ4n) is 5.92. The molecule has 4 heteroatoms. The van der Waals surface area contributed by atoms with Gasteiger partial charge in [-0.15, -0.1) is 0 Å². The average molecular weight is 292 g/mol. The van der Waals surface area contributed by atoms with Gasteiger partial charge in [-0.2, -0.15) is 0 Å². The molecule has 2 unspecified atom stereocenters. The van der Waals surface area contributed by atoms with Crippen molar-refractivity contribution in [2.75, 3.05) is 6.61 Å². The van der Waals surface area contributed by atoms with Crippen LogP contribution in [0.2, 0.25) is 0 Å². The van der Waals surface area contributed by atoms with Crippen molar-refractivity contribution in [2.45, 2.75) is 58.0 Å². The molecule has 0 aromatic rings. The molecule has 4 fully saturated rings. The first-order valence-corrected chi connectivity index (χ1v) is 7.77. The molecule has 0 saturated heterocycles. The Morgan fingerprint density at radius 3 is 2.29 bits per heavy atom. The van der Waals surface area contributed by atoms with Crippen molar-refractivity contribution in [3.05, 3.63) is 12.7 Å². The number of carbonyl (C=O) groups is 2. The summed E-state index contributed by atoms with van der Waals surface area (Å²) in [5.74, 6) is -0.351. The molecule has 0 amide bonds. The highest BCUT2D eigenvalue weighted by Gasteiger charge is 2.61. The molecule has 4 saturated carbocycles. The lowest BCUT2D eigenvalue weighted by Gasteiger charge is -2.64. The zero-order valence-electron chi connectivity index (χ0n) is 12.9. The maximum atomic E-state index is 12.0. The van der Waals surface area contributed by atoms with E-state index in [1.165, 1.54) is 19.3 Å². The topological polar surface area (TPSA) is 52.6 Å². The minimum absolute atomic E-state index is 0.298. The first-order chi connectivity index (χ1) is 9.76. The Hall–Kier alpha value is -1.32. The molecule has 4 bridgehead atoms. The third-order valence-electron chi connectivity index (χ3n) is 5.40. The Kier molecular flexibility index (Phi) is 3.19. The van der Waals surface area contributed by atoms with Gasteiger partial charge in [-0.1, -0.05) is 20.4 Å². The van der Waals surface area contributed by atoms with Crippen LogP contribution in [0.15, 0.2) is 12.7 Å². The van der Waals surface area contributed by atoms with Crippen molar-refractivity contribution in [1.82, 2.24) is 0 Å². The molecule has 4 nitrogen and oxygen atoms in total. The Morgan fingerprint density at radius 2 is 1.76 bits per heavy atom. The second-order valence-electron chi connectivity index (χ2n) is 8.10. The molecule has 4 rings (SSSR count). The fourth-order valence-corrected chi connectivity index (χ4v) is 5.92. The van der Waals surface area contributed by atoms with Crippen molar-refractivity contribution >= 4 is 11.9 Å². The largest absolute Gasteiger partial charge is 0.457 e. The molecule has 4 aliphatic rings. The Balaban J connectivity index is 1.69. The van der Waals surface area contributed by atoms with Crippen molar-refractivity contribution in [3.63, 3.8) is 0 Å². The molecule has 0 spiro atoms. The summed E-state index contributed by atoms with van der Waals surface area (Å²) >= 11 is 0. The average Bonchev–Trinajstić information content (AvgIpc) is 2.30. The van der Waals surface area contributed by atoms with Crippen molar-refractivity contribution in [1.29, 1.82) is 0 Å². The number of rotatable bonds is 4. The molecule has 0 aromatic carbocycles. The van der Waals surface area contributed by atoms with Gasteiger partial charge >= 0.3 is 11.9 Å². The molecule has 4 aliphatic carbocycles.